The van der Waals surface area contributed by atoms with Crippen molar-refractivity contribution in [2.45, 2.75) is 46.9 Å². The van der Waals surface area contributed by atoms with Crippen LogP contribution in [0.4, 0.5) is 0 Å². The number of aromatic nitrogens is 1. The second-order valence-corrected chi connectivity index (χ2v) is 6.43. The molecule has 3 nitrogen and oxygen atoms in total. The molecular formula is C16H22N2OS. The standard InChI is InChI=1S/C16H22N2OS/c1-11(2)17-9-15-13(4)18-16(20-15)10-19-14-7-5-6-12(3)8-14/h5-8,11,17H,9-10H2,1-4H3. The third kappa shape index (κ3) is 4.32. The number of ether oxygens (including phenoxy) is 1. The lowest BCUT2D eigenvalue weighted by Crippen LogP contribution is -2.21. The summed E-state index contributed by atoms with van der Waals surface area (Å²) in [6, 6.07) is 8.59. The molecule has 2 rings (SSSR count). The molecule has 0 aliphatic rings. The predicted octanol–water partition coefficient (Wildman–Crippen LogP) is 3.84. The number of benzene rings is 1. The number of rotatable bonds is 6. The quantitative estimate of drug-likeness (QED) is 0.877. The third-order valence-corrected chi connectivity index (χ3v) is 4.09. The minimum Gasteiger partial charge on any atom is -0.486 e. The summed E-state index contributed by atoms with van der Waals surface area (Å²) in [6.07, 6.45) is 0. The van der Waals surface area contributed by atoms with Gasteiger partial charge in [0.1, 0.15) is 17.4 Å². The van der Waals surface area contributed by atoms with E-state index in [2.05, 4.69) is 44.1 Å². The Bertz CT molecular complexity index is 563. The molecule has 0 fully saturated rings. The minimum atomic E-state index is 0.489. The molecular weight excluding hydrogens is 268 g/mol. The first-order chi connectivity index (χ1) is 9.54. The highest BCUT2D eigenvalue weighted by Crippen LogP contribution is 2.20. The zero-order valence-electron chi connectivity index (χ0n) is 12.6. The predicted molar refractivity (Wildman–Crippen MR) is 84.3 cm³/mol. The molecule has 0 atom stereocenters. The Morgan fingerprint density at radius 2 is 2.10 bits per heavy atom. The highest BCUT2D eigenvalue weighted by atomic mass is 32.1. The molecule has 0 aliphatic carbocycles. The average Bonchev–Trinajstić information content (AvgIpc) is 2.75. The molecule has 108 valence electrons. The number of aryl methyl sites for hydroxylation is 2. The van der Waals surface area contributed by atoms with Crippen molar-refractivity contribution in [3.63, 3.8) is 0 Å². The maximum atomic E-state index is 5.79. The summed E-state index contributed by atoms with van der Waals surface area (Å²) in [4.78, 5) is 5.87. The fourth-order valence-corrected chi connectivity index (χ4v) is 2.79. The largest absolute Gasteiger partial charge is 0.486 e. The lowest BCUT2D eigenvalue weighted by molar-refractivity contribution is 0.305. The Hall–Kier alpha value is -1.39. The van der Waals surface area contributed by atoms with Gasteiger partial charge in [0.25, 0.3) is 0 Å². The molecule has 0 amide bonds. The van der Waals surface area contributed by atoms with Crippen LogP contribution in [-0.2, 0) is 13.2 Å². The monoisotopic (exact) mass is 290 g/mol. The van der Waals surface area contributed by atoms with E-state index in [1.54, 1.807) is 11.3 Å². The molecule has 2 aromatic rings. The molecule has 0 radical (unpaired) electrons. The molecule has 0 spiro atoms. The van der Waals surface area contributed by atoms with Gasteiger partial charge in [-0.25, -0.2) is 4.98 Å². The van der Waals surface area contributed by atoms with E-state index in [4.69, 9.17) is 4.74 Å². The second kappa shape index (κ2) is 6.86. The first-order valence-electron chi connectivity index (χ1n) is 6.92. The van der Waals surface area contributed by atoms with Gasteiger partial charge in [-0.1, -0.05) is 26.0 Å². The van der Waals surface area contributed by atoms with Crippen molar-refractivity contribution in [1.82, 2.24) is 10.3 Å². The topological polar surface area (TPSA) is 34.1 Å². The molecule has 20 heavy (non-hydrogen) atoms. The summed E-state index contributed by atoms with van der Waals surface area (Å²) in [6.45, 7) is 9.85. The van der Waals surface area contributed by atoms with Gasteiger partial charge in [0.2, 0.25) is 0 Å². The lowest BCUT2D eigenvalue weighted by atomic mass is 10.2. The van der Waals surface area contributed by atoms with E-state index in [-0.39, 0.29) is 0 Å². The SMILES string of the molecule is Cc1cccc(OCc2nc(C)c(CNC(C)C)s2)c1. The average molecular weight is 290 g/mol. The van der Waals surface area contributed by atoms with Crippen molar-refractivity contribution in [1.29, 1.82) is 0 Å². The van der Waals surface area contributed by atoms with Crippen LogP contribution in [-0.4, -0.2) is 11.0 Å². The van der Waals surface area contributed by atoms with E-state index >= 15 is 0 Å². The Morgan fingerprint density at radius 3 is 2.80 bits per heavy atom. The summed E-state index contributed by atoms with van der Waals surface area (Å²) in [5, 5.41) is 4.46. The summed E-state index contributed by atoms with van der Waals surface area (Å²) in [5.74, 6) is 0.903. The van der Waals surface area contributed by atoms with Gasteiger partial charge < -0.3 is 10.1 Å². The molecule has 1 aromatic heterocycles. The van der Waals surface area contributed by atoms with Gasteiger partial charge >= 0.3 is 0 Å². The van der Waals surface area contributed by atoms with Crippen LogP contribution in [0.2, 0.25) is 0 Å². The van der Waals surface area contributed by atoms with E-state index < -0.39 is 0 Å². The van der Waals surface area contributed by atoms with Crippen molar-refractivity contribution in [2.24, 2.45) is 0 Å². The molecule has 0 saturated carbocycles. The van der Waals surface area contributed by atoms with Crippen molar-refractivity contribution < 1.29 is 4.74 Å². The number of hydrogen-bond acceptors (Lipinski definition) is 4. The van der Waals surface area contributed by atoms with Crippen molar-refractivity contribution in [2.75, 3.05) is 0 Å². The number of hydrogen-bond donors (Lipinski definition) is 1. The normalized spacial score (nSPS) is 11.1. The van der Waals surface area contributed by atoms with E-state index in [1.807, 2.05) is 18.2 Å². The first kappa shape index (κ1) is 15.0. The van der Waals surface area contributed by atoms with Crippen LogP contribution in [0.15, 0.2) is 24.3 Å². The molecule has 1 N–H and O–H groups in total. The summed E-state index contributed by atoms with van der Waals surface area (Å²) in [5.41, 5.74) is 2.31. The Morgan fingerprint density at radius 1 is 1.30 bits per heavy atom. The smallest absolute Gasteiger partial charge is 0.140 e. The maximum Gasteiger partial charge on any atom is 0.140 e. The number of nitrogens with one attached hydrogen (secondary N) is 1. The highest BCUT2D eigenvalue weighted by Gasteiger charge is 2.08. The Labute approximate surface area is 125 Å². The Balaban J connectivity index is 1.95. The fourth-order valence-electron chi connectivity index (χ4n) is 1.86. The molecule has 1 heterocycles. The van der Waals surface area contributed by atoms with E-state index in [9.17, 15) is 0 Å². The number of nitrogens with zero attached hydrogens (tertiary/aromatic N) is 1. The zero-order chi connectivity index (χ0) is 14.5. The minimum absolute atomic E-state index is 0.489. The molecule has 0 saturated heterocycles. The highest BCUT2D eigenvalue weighted by molar-refractivity contribution is 7.11. The van der Waals surface area contributed by atoms with Crippen molar-refractivity contribution in [3.05, 3.63) is 45.4 Å². The van der Waals surface area contributed by atoms with Gasteiger partial charge in [0.15, 0.2) is 0 Å². The van der Waals surface area contributed by atoms with Gasteiger partial charge in [0, 0.05) is 17.5 Å². The molecule has 4 heteroatoms. The second-order valence-electron chi connectivity index (χ2n) is 5.26. The van der Waals surface area contributed by atoms with Crippen LogP contribution >= 0.6 is 11.3 Å². The molecule has 0 bridgehead atoms. The van der Waals surface area contributed by atoms with E-state index in [0.29, 0.717) is 12.6 Å². The van der Waals surface area contributed by atoms with Gasteiger partial charge in [-0.05, 0) is 31.5 Å². The van der Waals surface area contributed by atoms with Crippen LogP contribution < -0.4 is 10.1 Å². The summed E-state index contributed by atoms with van der Waals surface area (Å²) in [7, 11) is 0. The lowest BCUT2D eigenvalue weighted by Gasteiger charge is -2.06. The van der Waals surface area contributed by atoms with E-state index in [1.165, 1.54) is 10.4 Å². The molecule has 1 aromatic carbocycles. The fraction of sp³-hybridized carbons (Fsp3) is 0.438. The van der Waals surface area contributed by atoms with Crippen LogP contribution in [0.3, 0.4) is 0 Å². The van der Waals surface area contributed by atoms with Crippen molar-refractivity contribution in [3.8, 4) is 5.75 Å². The van der Waals surface area contributed by atoms with Gasteiger partial charge in [0.05, 0.1) is 5.69 Å². The zero-order valence-corrected chi connectivity index (χ0v) is 13.4. The van der Waals surface area contributed by atoms with Gasteiger partial charge in [-0.2, -0.15) is 0 Å². The molecule has 0 unspecified atom stereocenters. The van der Waals surface area contributed by atoms with Gasteiger partial charge in [-0.3, -0.25) is 0 Å². The van der Waals surface area contributed by atoms with Crippen LogP contribution in [0.1, 0.15) is 35.0 Å². The maximum absolute atomic E-state index is 5.79. The number of thiazole rings is 1. The first-order valence-corrected chi connectivity index (χ1v) is 7.74. The third-order valence-electron chi connectivity index (χ3n) is 2.96. The van der Waals surface area contributed by atoms with Crippen LogP contribution in [0.25, 0.3) is 0 Å². The van der Waals surface area contributed by atoms with Crippen LogP contribution in [0.5, 0.6) is 5.75 Å². The van der Waals surface area contributed by atoms with Crippen molar-refractivity contribution >= 4 is 11.3 Å². The van der Waals surface area contributed by atoms with Gasteiger partial charge in [-0.15, -0.1) is 11.3 Å². The summed E-state index contributed by atoms with van der Waals surface area (Å²) < 4.78 is 5.79. The van der Waals surface area contributed by atoms with E-state index in [0.717, 1.165) is 23.0 Å². The summed E-state index contributed by atoms with van der Waals surface area (Å²) >= 11 is 1.73. The molecule has 0 aliphatic heterocycles. The van der Waals surface area contributed by atoms with Crippen LogP contribution in [0, 0.1) is 13.8 Å². The Kier molecular flexibility index (Phi) is 5.15.